The maximum atomic E-state index is 12.8. The van der Waals surface area contributed by atoms with Gasteiger partial charge in [-0.05, 0) is 85.9 Å². The molecule has 37 heavy (non-hydrogen) atoms. The number of carbonyl (C=O) groups excluding carboxylic acids is 2. The third-order valence-corrected chi connectivity index (χ3v) is 8.21. The number of halogens is 1. The van der Waals surface area contributed by atoms with Crippen LogP contribution in [0.1, 0.15) is 70.9 Å². The van der Waals surface area contributed by atoms with E-state index in [-0.39, 0.29) is 41.4 Å². The Labute approximate surface area is 219 Å². The van der Waals surface area contributed by atoms with Crippen LogP contribution in [0.15, 0.2) is 36.7 Å². The highest BCUT2D eigenvalue weighted by molar-refractivity contribution is 6.30. The first-order chi connectivity index (χ1) is 17.8. The van der Waals surface area contributed by atoms with E-state index in [0.717, 1.165) is 42.5 Å². The van der Waals surface area contributed by atoms with Crippen LogP contribution >= 0.6 is 11.6 Å². The van der Waals surface area contributed by atoms with Gasteiger partial charge in [0.15, 0.2) is 5.69 Å². The van der Waals surface area contributed by atoms with Gasteiger partial charge in [-0.15, -0.1) is 5.10 Å². The number of aryl methyl sites for hydroxylation is 1. The summed E-state index contributed by atoms with van der Waals surface area (Å²) in [7, 11) is 0. The second kappa shape index (κ2) is 8.96. The molecule has 2 saturated carbocycles. The van der Waals surface area contributed by atoms with Crippen molar-refractivity contribution in [3.05, 3.63) is 69.6 Å². The van der Waals surface area contributed by atoms with E-state index < -0.39 is 0 Å². The molecule has 0 radical (unpaired) electrons. The number of aromatic nitrogens is 4. The van der Waals surface area contributed by atoms with E-state index in [1.165, 1.54) is 0 Å². The molecule has 3 fully saturated rings. The monoisotopic (exact) mass is 515 g/mol. The van der Waals surface area contributed by atoms with E-state index in [1.807, 2.05) is 26.0 Å². The lowest BCUT2D eigenvalue weighted by Crippen LogP contribution is -2.43. The summed E-state index contributed by atoms with van der Waals surface area (Å²) >= 11 is 6.12. The Hall–Kier alpha value is -3.77. The summed E-state index contributed by atoms with van der Waals surface area (Å²) in [4.78, 5) is 31.6. The Morgan fingerprint density at radius 2 is 2.08 bits per heavy atom. The molecule has 1 aromatic carbocycles. The molecule has 2 aromatic heterocycles. The van der Waals surface area contributed by atoms with Gasteiger partial charge in [-0.1, -0.05) is 16.8 Å². The van der Waals surface area contributed by atoms with Crippen molar-refractivity contribution in [3.63, 3.8) is 0 Å². The molecular weight excluding hydrogens is 490 g/mol. The highest BCUT2D eigenvalue weighted by Gasteiger charge is 2.52. The Kier molecular flexibility index (Phi) is 5.72. The summed E-state index contributed by atoms with van der Waals surface area (Å²) in [6.45, 7) is 4.73. The minimum Gasteiger partial charge on any atom is -0.348 e. The van der Waals surface area contributed by atoms with Gasteiger partial charge in [0.2, 0.25) is 5.91 Å². The smallest absolute Gasteiger partial charge is 0.273 e. The summed E-state index contributed by atoms with van der Waals surface area (Å²) < 4.78 is 1.66. The summed E-state index contributed by atoms with van der Waals surface area (Å²) in [6.07, 6.45) is 5.92. The predicted octanol–water partition coefficient (Wildman–Crippen LogP) is 3.77. The molecule has 2 aliphatic carbocycles. The van der Waals surface area contributed by atoms with E-state index in [0.29, 0.717) is 22.3 Å². The number of amides is 2. The first-order valence-corrected chi connectivity index (χ1v) is 12.9. The van der Waals surface area contributed by atoms with Crippen molar-refractivity contribution >= 4 is 29.2 Å². The van der Waals surface area contributed by atoms with Crippen LogP contribution < -0.4 is 10.2 Å². The van der Waals surface area contributed by atoms with E-state index in [1.54, 1.807) is 34.1 Å². The number of nitrogens with zero attached hydrogens (tertiary/aromatic N) is 6. The van der Waals surface area contributed by atoms with E-state index in [9.17, 15) is 14.9 Å². The van der Waals surface area contributed by atoms with Crippen LogP contribution in [0.5, 0.6) is 0 Å². The lowest BCUT2D eigenvalue weighted by Gasteiger charge is -2.36. The Bertz CT molecular complexity index is 1460. The number of hydrogen-bond acceptors (Lipinski definition) is 6. The van der Waals surface area contributed by atoms with Gasteiger partial charge in [-0.3, -0.25) is 14.5 Å². The third-order valence-electron chi connectivity index (χ3n) is 7.97. The van der Waals surface area contributed by atoms with Crippen molar-refractivity contribution < 1.29 is 9.59 Å². The summed E-state index contributed by atoms with van der Waals surface area (Å²) in [5.41, 5.74) is 3.76. The van der Waals surface area contributed by atoms with Gasteiger partial charge in [0.1, 0.15) is 5.82 Å². The fraction of sp³-hybridized carbons (Fsp3) is 0.407. The molecule has 3 aliphatic rings. The number of benzene rings is 1. The number of nitriles is 1. The fourth-order valence-electron chi connectivity index (χ4n) is 5.55. The van der Waals surface area contributed by atoms with Gasteiger partial charge in [-0.25, -0.2) is 9.67 Å². The molecular formula is C27H26ClN7O2. The molecule has 9 nitrogen and oxygen atoms in total. The maximum absolute atomic E-state index is 12.8. The normalized spacial score (nSPS) is 24.7. The number of piperidine rings is 1. The van der Waals surface area contributed by atoms with Crippen LogP contribution in [0.2, 0.25) is 5.02 Å². The Balaban J connectivity index is 1.08. The van der Waals surface area contributed by atoms with Crippen molar-refractivity contribution in [2.24, 2.45) is 11.8 Å². The third kappa shape index (κ3) is 4.25. The number of fused-ring (bicyclic) bond motifs is 1. The fourth-order valence-corrected chi connectivity index (χ4v) is 5.73. The van der Waals surface area contributed by atoms with Crippen LogP contribution in [0.4, 0.5) is 5.82 Å². The first-order valence-electron chi connectivity index (χ1n) is 12.5. The highest BCUT2D eigenvalue weighted by atomic mass is 35.5. The van der Waals surface area contributed by atoms with Crippen LogP contribution in [-0.2, 0) is 4.79 Å². The van der Waals surface area contributed by atoms with E-state index >= 15 is 0 Å². The number of pyridine rings is 1. The molecule has 3 heterocycles. The molecule has 3 aromatic rings. The zero-order valence-corrected chi connectivity index (χ0v) is 21.3. The van der Waals surface area contributed by atoms with Gasteiger partial charge in [-0.2, -0.15) is 5.26 Å². The van der Waals surface area contributed by atoms with Gasteiger partial charge < -0.3 is 5.32 Å². The van der Waals surface area contributed by atoms with Gasteiger partial charge in [0.25, 0.3) is 5.91 Å². The highest BCUT2D eigenvalue weighted by Crippen LogP contribution is 2.47. The molecule has 10 heteroatoms. The number of rotatable bonds is 6. The minimum atomic E-state index is -0.273. The maximum Gasteiger partial charge on any atom is 0.273 e. The zero-order valence-electron chi connectivity index (χ0n) is 20.6. The topological polar surface area (TPSA) is 117 Å². The SMILES string of the molecule is Cc1cc(N2C[C@H]3C[C@H]3C2=O)ncc1C(C)n1cc(C(=O)N[C@H]2C[C@@H](c3cc(Cl)ccc3C#N)C2)nn1. The molecule has 1 saturated heterocycles. The van der Waals surface area contributed by atoms with E-state index in [2.05, 4.69) is 26.7 Å². The second-order valence-corrected chi connectivity index (χ2v) is 10.8. The first kappa shape index (κ1) is 23.6. The van der Waals surface area contributed by atoms with Gasteiger partial charge >= 0.3 is 0 Å². The molecule has 2 amide bonds. The minimum absolute atomic E-state index is 0.00363. The molecule has 1 unspecified atom stereocenters. The average molecular weight is 516 g/mol. The largest absolute Gasteiger partial charge is 0.348 e. The van der Waals surface area contributed by atoms with Crippen LogP contribution in [-0.4, -0.2) is 44.4 Å². The lowest BCUT2D eigenvalue weighted by atomic mass is 9.74. The number of hydrogen-bond donors (Lipinski definition) is 1. The van der Waals surface area contributed by atoms with Crippen LogP contribution in [0, 0.1) is 30.1 Å². The summed E-state index contributed by atoms with van der Waals surface area (Å²) in [6, 6.07) is 9.28. The molecule has 6 rings (SSSR count). The lowest BCUT2D eigenvalue weighted by molar-refractivity contribution is -0.118. The standard InChI is InChI=1S/C27H26ClN7O2/c1-14-5-25(34-12-18-8-22(18)27(34)37)30-11-23(14)15(2)35-13-24(32-33-35)26(36)31-20-6-17(7-20)21-9-19(28)4-3-16(21)10-29/h3-5,9,11,13,15,17-18,20,22H,6-8,12H2,1-2H3,(H,31,36)/t15?,17-,18-,20+,22-/m1/s1. The number of nitrogens with one attached hydrogen (secondary N) is 1. The quantitative estimate of drug-likeness (QED) is 0.534. The number of anilines is 1. The predicted molar refractivity (Wildman–Crippen MR) is 136 cm³/mol. The molecule has 0 bridgehead atoms. The average Bonchev–Trinajstić information content (AvgIpc) is 3.31. The zero-order chi connectivity index (χ0) is 25.8. The number of carbonyl (C=O) groups is 2. The Morgan fingerprint density at radius 3 is 2.78 bits per heavy atom. The van der Waals surface area contributed by atoms with Crippen molar-refractivity contribution in [2.75, 3.05) is 11.4 Å². The molecule has 1 N–H and O–H groups in total. The van der Waals surface area contributed by atoms with Crippen molar-refractivity contribution in [2.45, 2.75) is 51.1 Å². The van der Waals surface area contributed by atoms with Crippen molar-refractivity contribution in [3.8, 4) is 6.07 Å². The second-order valence-electron chi connectivity index (χ2n) is 10.4. The van der Waals surface area contributed by atoms with Gasteiger partial charge in [0, 0.05) is 29.7 Å². The van der Waals surface area contributed by atoms with Gasteiger partial charge in [0.05, 0.1) is 23.9 Å². The molecule has 188 valence electrons. The summed E-state index contributed by atoms with van der Waals surface area (Å²) in [5.74, 6) is 1.48. The van der Waals surface area contributed by atoms with Crippen LogP contribution in [0.3, 0.4) is 0 Å². The molecule has 1 aliphatic heterocycles. The molecule has 3 atom stereocenters. The van der Waals surface area contributed by atoms with Crippen molar-refractivity contribution in [1.29, 1.82) is 5.26 Å². The van der Waals surface area contributed by atoms with Crippen LogP contribution in [0.25, 0.3) is 0 Å². The Morgan fingerprint density at radius 1 is 1.27 bits per heavy atom. The van der Waals surface area contributed by atoms with Crippen molar-refractivity contribution in [1.82, 2.24) is 25.3 Å². The molecule has 0 spiro atoms. The summed E-state index contributed by atoms with van der Waals surface area (Å²) in [5, 5.41) is 21.3. The van der Waals surface area contributed by atoms with E-state index in [4.69, 9.17) is 11.6 Å².